The van der Waals surface area contributed by atoms with Gasteiger partial charge in [-0.05, 0) is 101 Å². The number of hydrogen-bond donors (Lipinski definition) is 4. The summed E-state index contributed by atoms with van der Waals surface area (Å²) in [6.45, 7) is 0.588. The highest BCUT2D eigenvalue weighted by Crippen LogP contribution is 2.53. The molecule has 4 saturated carbocycles. The topological polar surface area (TPSA) is 159 Å². The van der Waals surface area contributed by atoms with Gasteiger partial charge in [0.2, 0.25) is 23.5 Å². The quantitative estimate of drug-likeness (QED) is 0.275. The van der Waals surface area contributed by atoms with Crippen molar-refractivity contribution >= 4 is 35.1 Å². The van der Waals surface area contributed by atoms with Crippen LogP contribution in [0.3, 0.4) is 0 Å². The Morgan fingerprint density at radius 1 is 1.02 bits per heavy atom. The number of likely N-dealkylation sites (N-methyl/N-ethyl adjacent to an activating group) is 2. The molecule has 1 saturated heterocycles. The van der Waals surface area contributed by atoms with Crippen molar-refractivity contribution in [1.29, 1.82) is 0 Å². The number of anilines is 1. The molecule has 12 heteroatoms. The van der Waals surface area contributed by atoms with Crippen molar-refractivity contribution < 1.29 is 24.0 Å². The molecular formula is C30H42N6O6. The van der Waals surface area contributed by atoms with Crippen molar-refractivity contribution in [3.63, 3.8) is 0 Å². The Kier molecular flexibility index (Phi) is 9.10. The molecule has 4 bridgehead atoms. The number of nitrogens with zero attached hydrogens (tertiary/aromatic N) is 2. The Hall–Kier alpha value is -3.54. The smallest absolute Gasteiger partial charge is 0.287 e. The predicted octanol–water partition coefficient (Wildman–Crippen LogP) is 0.402. The number of hydrogen-bond acceptors (Lipinski definition) is 7. The van der Waals surface area contributed by atoms with Crippen molar-refractivity contribution in [2.45, 2.75) is 82.5 Å². The molecular weight excluding hydrogens is 540 g/mol. The van der Waals surface area contributed by atoms with E-state index in [9.17, 15) is 28.8 Å². The average molecular weight is 583 g/mol. The van der Waals surface area contributed by atoms with Crippen LogP contribution in [0.25, 0.3) is 0 Å². The van der Waals surface area contributed by atoms with E-state index in [1.807, 2.05) is 11.9 Å². The van der Waals surface area contributed by atoms with Gasteiger partial charge in [-0.15, -0.1) is 0 Å². The van der Waals surface area contributed by atoms with E-state index in [0.717, 1.165) is 24.8 Å². The predicted molar refractivity (Wildman–Crippen MR) is 154 cm³/mol. The van der Waals surface area contributed by atoms with Gasteiger partial charge >= 0.3 is 0 Å². The summed E-state index contributed by atoms with van der Waals surface area (Å²) in [5, 5.41) is 10.8. The minimum absolute atomic E-state index is 0.0419. The van der Waals surface area contributed by atoms with Gasteiger partial charge in [-0.2, -0.15) is 0 Å². The van der Waals surface area contributed by atoms with Crippen LogP contribution in [0, 0.1) is 23.7 Å². The lowest BCUT2D eigenvalue weighted by molar-refractivity contribution is -0.138. The highest BCUT2D eigenvalue weighted by atomic mass is 16.2. The van der Waals surface area contributed by atoms with Crippen molar-refractivity contribution in [2.75, 3.05) is 26.0 Å². The van der Waals surface area contributed by atoms with Gasteiger partial charge < -0.3 is 25.8 Å². The van der Waals surface area contributed by atoms with Gasteiger partial charge in [0.1, 0.15) is 18.3 Å². The van der Waals surface area contributed by atoms with Gasteiger partial charge in [-0.25, -0.2) is 0 Å². The molecule has 42 heavy (non-hydrogen) atoms. The van der Waals surface area contributed by atoms with E-state index in [0.29, 0.717) is 18.3 Å². The zero-order valence-electron chi connectivity index (χ0n) is 24.4. The Morgan fingerprint density at radius 3 is 2.33 bits per heavy atom. The Labute approximate surface area is 245 Å². The minimum Gasteiger partial charge on any atom is -0.353 e. The molecule has 5 fully saturated rings. The molecule has 6 rings (SSSR count). The lowest BCUT2D eigenvalue weighted by Gasteiger charge is -2.54. The minimum atomic E-state index is -1.15. The lowest BCUT2D eigenvalue weighted by Crippen LogP contribution is -2.56. The first-order valence-electron chi connectivity index (χ1n) is 15.2. The van der Waals surface area contributed by atoms with Crippen molar-refractivity contribution in [1.82, 2.24) is 25.4 Å². The second-order valence-corrected chi connectivity index (χ2v) is 12.6. The number of Topliss-reactive ketones (excluding diaryl/α,β-unsaturated/α-hetero) is 1. The van der Waals surface area contributed by atoms with Gasteiger partial charge in [-0.3, -0.25) is 33.7 Å². The number of carbonyl (C=O) groups is 5. The van der Waals surface area contributed by atoms with Crippen LogP contribution in [-0.2, 0) is 30.5 Å². The molecule has 0 radical (unpaired) electrons. The van der Waals surface area contributed by atoms with Gasteiger partial charge in [0.15, 0.2) is 0 Å². The molecule has 0 aromatic carbocycles. The summed E-state index contributed by atoms with van der Waals surface area (Å²) in [5.74, 6) is -0.148. The molecule has 5 aliphatic rings. The first-order chi connectivity index (χ1) is 20.1. The molecule has 2 atom stereocenters. The number of carbonyl (C=O) groups excluding carboxylic acids is 5. The first kappa shape index (κ1) is 29.9. The number of nitrogens with one attached hydrogen (secondary N) is 4. The van der Waals surface area contributed by atoms with Crippen LogP contribution in [0.5, 0.6) is 0 Å². The summed E-state index contributed by atoms with van der Waals surface area (Å²) in [4.78, 5) is 78.2. The molecule has 228 valence electrons. The lowest BCUT2D eigenvalue weighted by atomic mass is 9.54. The van der Waals surface area contributed by atoms with Crippen molar-refractivity contribution in [2.24, 2.45) is 23.7 Å². The molecule has 0 unspecified atom stereocenters. The maximum Gasteiger partial charge on any atom is 0.287 e. The Bertz CT molecular complexity index is 1270. The standard InChI is InChI=1S/C30H42N6O6/c1-31-29(41)24(37)8-7-21(32-28(40)23-6-4-9-35(23)2)27(39)33-22-5-3-10-36(30(22)42)16-25(38)34-26-19-12-17-11-18(14-19)15-20(26)13-17/h3,5,10,17-21,23,26H,4,6-9,11-16H2,1-2H3,(H,31,41)(H,32,40)(H,33,39)(H,34,38)/t17?,18?,19?,20?,21-,23-,26?/m0/s1. The summed E-state index contributed by atoms with van der Waals surface area (Å²) in [6.07, 6.45) is 8.62. The zero-order chi connectivity index (χ0) is 30.0. The summed E-state index contributed by atoms with van der Waals surface area (Å²) < 4.78 is 1.26. The number of rotatable bonds is 11. The van der Waals surface area contributed by atoms with Crippen LogP contribution in [0.1, 0.15) is 57.8 Å². The van der Waals surface area contributed by atoms with E-state index in [4.69, 9.17) is 0 Å². The molecule has 2 heterocycles. The fraction of sp³-hybridized carbons (Fsp3) is 0.667. The Morgan fingerprint density at radius 2 is 1.71 bits per heavy atom. The molecule has 1 aliphatic heterocycles. The fourth-order valence-electron chi connectivity index (χ4n) is 7.83. The normalized spacial score (nSPS) is 28.6. The summed E-state index contributed by atoms with van der Waals surface area (Å²) >= 11 is 0. The van der Waals surface area contributed by atoms with E-state index in [1.54, 1.807) is 6.07 Å². The number of likely N-dealkylation sites (tertiary alicyclic amines) is 1. The SMILES string of the molecule is CNC(=O)C(=O)CC[C@H](NC(=O)[C@@H]1CCCN1C)C(=O)Nc1cccn(CC(=O)NC2C3CC4CC(C3)CC2C4)c1=O. The molecule has 1 aromatic heterocycles. The highest BCUT2D eigenvalue weighted by molar-refractivity contribution is 6.36. The van der Waals surface area contributed by atoms with Crippen LogP contribution in [0.2, 0.25) is 0 Å². The maximum absolute atomic E-state index is 13.3. The third kappa shape index (κ3) is 6.58. The number of amides is 4. The van der Waals surface area contributed by atoms with Crippen molar-refractivity contribution in [3.8, 4) is 0 Å². The summed E-state index contributed by atoms with van der Waals surface area (Å²) in [7, 11) is 3.17. The second kappa shape index (κ2) is 12.8. The average Bonchev–Trinajstić information content (AvgIpc) is 3.39. The van der Waals surface area contributed by atoms with Crippen LogP contribution in [0.4, 0.5) is 5.69 Å². The largest absolute Gasteiger partial charge is 0.353 e. The molecule has 1 aromatic rings. The van der Waals surface area contributed by atoms with Crippen molar-refractivity contribution in [3.05, 3.63) is 28.7 Å². The highest BCUT2D eigenvalue weighted by Gasteiger charge is 2.48. The van der Waals surface area contributed by atoms with E-state index < -0.39 is 35.2 Å². The fourth-order valence-corrected chi connectivity index (χ4v) is 7.83. The number of aromatic nitrogens is 1. The monoisotopic (exact) mass is 582 g/mol. The van der Waals surface area contributed by atoms with Gasteiger partial charge in [-0.1, -0.05) is 0 Å². The second-order valence-electron chi connectivity index (χ2n) is 12.6. The van der Waals surface area contributed by atoms with Crippen LogP contribution < -0.4 is 26.8 Å². The zero-order valence-corrected chi connectivity index (χ0v) is 24.4. The van der Waals surface area contributed by atoms with Gasteiger partial charge in [0.05, 0.1) is 6.04 Å². The van der Waals surface area contributed by atoms with Crippen LogP contribution >= 0.6 is 0 Å². The summed E-state index contributed by atoms with van der Waals surface area (Å²) in [6, 6.07) is 1.62. The number of pyridine rings is 1. The van der Waals surface area contributed by atoms with Gasteiger partial charge in [0.25, 0.3) is 11.5 Å². The number of ketones is 1. The van der Waals surface area contributed by atoms with E-state index in [2.05, 4.69) is 21.3 Å². The van der Waals surface area contributed by atoms with Gasteiger partial charge in [0, 0.05) is 25.7 Å². The molecule has 0 spiro atoms. The maximum atomic E-state index is 13.3. The third-order valence-electron chi connectivity index (χ3n) is 9.74. The molecule has 4 N–H and O–H groups in total. The Balaban J connectivity index is 1.23. The molecule has 4 aliphatic carbocycles. The van der Waals surface area contributed by atoms with Crippen LogP contribution in [-0.4, -0.2) is 77.6 Å². The third-order valence-corrected chi connectivity index (χ3v) is 9.74. The first-order valence-corrected chi connectivity index (χ1v) is 15.2. The van der Waals surface area contributed by atoms with Crippen LogP contribution in [0.15, 0.2) is 23.1 Å². The van der Waals surface area contributed by atoms with E-state index >= 15 is 0 Å². The van der Waals surface area contributed by atoms with E-state index in [-0.39, 0.29) is 42.9 Å². The molecule has 4 amide bonds. The van der Waals surface area contributed by atoms with E-state index in [1.165, 1.54) is 56.0 Å². The summed E-state index contributed by atoms with van der Waals surface area (Å²) in [5.41, 5.74) is -0.590. The molecule has 12 nitrogen and oxygen atoms in total.